The Hall–Kier alpha value is -1.49. The van der Waals surface area contributed by atoms with E-state index in [4.69, 9.17) is 4.42 Å². The Kier molecular flexibility index (Phi) is 4.03. The predicted molar refractivity (Wildman–Crippen MR) is 64.3 cm³/mol. The zero-order valence-electron chi connectivity index (χ0n) is 8.90. The van der Waals surface area contributed by atoms with E-state index in [1.807, 2.05) is 6.07 Å². The van der Waals surface area contributed by atoms with E-state index in [1.165, 1.54) is 0 Å². The van der Waals surface area contributed by atoms with E-state index >= 15 is 0 Å². The summed E-state index contributed by atoms with van der Waals surface area (Å²) in [5, 5.41) is 3.07. The van der Waals surface area contributed by atoms with Gasteiger partial charge >= 0.3 is 0 Å². The molecule has 17 heavy (non-hydrogen) atoms. The monoisotopic (exact) mass is 255 g/mol. The molecule has 1 aromatic carbocycles. The molecule has 0 saturated heterocycles. The lowest BCUT2D eigenvalue weighted by Crippen LogP contribution is -1.99. The van der Waals surface area contributed by atoms with Crippen molar-refractivity contribution >= 4 is 17.4 Å². The Morgan fingerprint density at radius 2 is 2.00 bits per heavy atom. The Morgan fingerprint density at radius 3 is 2.71 bits per heavy atom. The Morgan fingerprint density at radius 1 is 1.18 bits per heavy atom. The molecule has 0 aliphatic heterocycles. The van der Waals surface area contributed by atoms with Crippen molar-refractivity contribution in [2.75, 3.05) is 5.32 Å². The van der Waals surface area contributed by atoms with Gasteiger partial charge in [-0.05, 0) is 24.3 Å². The van der Waals surface area contributed by atoms with Crippen LogP contribution in [-0.2, 0) is 6.54 Å². The Labute approximate surface area is 102 Å². The molecule has 0 bridgehead atoms. The van der Waals surface area contributed by atoms with Crippen LogP contribution in [0.2, 0.25) is 0 Å². The zero-order valence-corrected chi connectivity index (χ0v) is 9.71. The molecule has 0 spiro atoms. The van der Waals surface area contributed by atoms with Crippen molar-refractivity contribution in [3.8, 4) is 0 Å². The molecule has 2 nitrogen and oxygen atoms in total. The third-order valence-corrected chi connectivity index (χ3v) is 2.92. The van der Waals surface area contributed by atoms with Gasteiger partial charge < -0.3 is 9.73 Å². The van der Waals surface area contributed by atoms with E-state index in [0.717, 1.165) is 5.76 Å². The first-order valence-corrected chi connectivity index (χ1v) is 5.94. The molecule has 2 aromatic rings. The van der Waals surface area contributed by atoms with E-state index in [1.54, 1.807) is 36.6 Å². The van der Waals surface area contributed by atoms with Crippen LogP contribution in [0.4, 0.5) is 14.5 Å². The molecule has 0 unspecified atom stereocenters. The standard InChI is InChI=1S/C12H11F2NOS/c13-12(14)17-11-6-2-1-5-10(11)15-8-9-4-3-7-16-9/h1-7,12,15H,8H2. The minimum Gasteiger partial charge on any atom is -0.467 e. The molecule has 2 rings (SSSR count). The van der Waals surface area contributed by atoms with Crippen LogP contribution in [0.5, 0.6) is 0 Å². The summed E-state index contributed by atoms with van der Waals surface area (Å²) in [6.45, 7) is 0.480. The first kappa shape index (κ1) is 12.0. The maximum absolute atomic E-state index is 12.3. The molecule has 90 valence electrons. The number of furan rings is 1. The maximum Gasteiger partial charge on any atom is 0.288 e. The van der Waals surface area contributed by atoms with Crippen molar-refractivity contribution < 1.29 is 13.2 Å². The van der Waals surface area contributed by atoms with Crippen LogP contribution < -0.4 is 5.32 Å². The molecule has 0 saturated carbocycles. The number of anilines is 1. The third kappa shape index (κ3) is 3.49. The molecule has 1 aromatic heterocycles. The molecule has 0 radical (unpaired) electrons. The second-order valence-electron chi connectivity index (χ2n) is 3.31. The van der Waals surface area contributed by atoms with E-state index < -0.39 is 5.76 Å². The van der Waals surface area contributed by atoms with Crippen LogP contribution in [0.1, 0.15) is 5.76 Å². The second kappa shape index (κ2) is 5.72. The molecule has 5 heteroatoms. The fourth-order valence-electron chi connectivity index (χ4n) is 1.41. The van der Waals surface area contributed by atoms with Gasteiger partial charge in [0.2, 0.25) is 0 Å². The summed E-state index contributed by atoms with van der Waals surface area (Å²) in [5.41, 5.74) is 0.689. The highest BCUT2D eigenvalue weighted by atomic mass is 32.2. The fraction of sp³-hybridized carbons (Fsp3) is 0.167. The van der Waals surface area contributed by atoms with Crippen molar-refractivity contribution in [3.05, 3.63) is 48.4 Å². The van der Waals surface area contributed by atoms with Crippen molar-refractivity contribution in [2.45, 2.75) is 17.2 Å². The molecular formula is C12H11F2NOS. The second-order valence-corrected chi connectivity index (χ2v) is 4.34. The van der Waals surface area contributed by atoms with Crippen LogP contribution in [0.25, 0.3) is 0 Å². The minimum atomic E-state index is -2.42. The van der Waals surface area contributed by atoms with E-state index in [2.05, 4.69) is 5.32 Å². The van der Waals surface area contributed by atoms with Crippen molar-refractivity contribution in [1.82, 2.24) is 0 Å². The number of benzene rings is 1. The van der Waals surface area contributed by atoms with Crippen molar-refractivity contribution in [1.29, 1.82) is 0 Å². The van der Waals surface area contributed by atoms with Gasteiger partial charge in [-0.25, -0.2) is 0 Å². The first-order chi connectivity index (χ1) is 8.25. The number of nitrogens with one attached hydrogen (secondary N) is 1. The SMILES string of the molecule is FC(F)Sc1ccccc1NCc1ccco1. The summed E-state index contributed by atoms with van der Waals surface area (Å²) >= 11 is 0.536. The third-order valence-electron chi connectivity index (χ3n) is 2.14. The van der Waals surface area contributed by atoms with Gasteiger partial charge in [-0.3, -0.25) is 0 Å². The van der Waals surface area contributed by atoms with Crippen LogP contribution in [0.15, 0.2) is 52.0 Å². The smallest absolute Gasteiger partial charge is 0.288 e. The highest BCUT2D eigenvalue weighted by molar-refractivity contribution is 7.99. The summed E-state index contributed by atoms with van der Waals surface area (Å²) in [6, 6.07) is 10.6. The van der Waals surface area contributed by atoms with Gasteiger partial charge in [0, 0.05) is 10.6 Å². The molecule has 0 fully saturated rings. The normalized spacial score (nSPS) is 10.8. The summed E-state index contributed by atoms with van der Waals surface area (Å²) in [6.07, 6.45) is 1.58. The number of halogens is 2. The highest BCUT2D eigenvalue weighted by Gasteiger charge is 2.09. The number of hydrogen-bond donors (Lipinski definition) is 1. The van der Waals surface area contributed by atoms with Gasteiger partial charge in [-0.15, -0.1) is 0 Å². The number of para-hydroxylation sites is 1. The number of hydrogen-bond acceptors (Lipinski definition) is 3. The number of thioether (sulfide) groups is 1. The minimum absolute atomic E-state index is 0.480. The van der Waals surface area contributed by atoms with Crippen LogP contribution in [0.3, 0.4) is 0 Å². The zero-order chi connectivity index (χ0) is 12.1. The summed E-state index contributed by atoms with van der Waals surface area (Å²) in [5.74, 6) is -1.65. The van der Waals surface area contributed by atoms with Gasteiger partial charge in [0.05, 0.1) is 12.8 Å². The van der Waals surface area contributed by atoms with Gasteiger partial charge in [-0.2, -0.15) is 8.78 Å². The molecular weight excluding hydrogens is 244 g/mol. The van der Waals surface area contributed by atoms with Gasteiger partial charge in [0.1, 0.15) is 5.76 Å². The van der Waals surface area contributed by atoms with Crippen LogP contribution in [0, 0.1) is 0 Å². The quantitative estimate of drug-likeness (QED) is 0.810. The Balaban J connectivity index is 2.04. The molecule has 0 atom stereocenters. The van der Waals surface area contributed by atoms with Crippen molar-refractivity contribution in [2.24, 2.45) is 0 Å². The molecule has 0 aliphatic rings. The average Bonchev–Trinajstić information content (AvgIpc) is 2.80. The van der Waals surface area contributed by atoms with Gasteiger partial charge in [0.15, 0.2) is 0 Å². The predicted octanol–water partition coefficient (Wildman–Crippen LogP) is 4.21. The summed E-state index contributed by atoms with van der Waals surface area (Å²) in [7, 11) is 0. The van der Waals surface area contributed by atoms with E-state index in [9.17, 15) is 8.78 Å². The first-order valence-electron chi connectivity index (χ1n) is 5.06. The molecule has 1 N–H and O–H groups in total. The molecule has 0 amide bonds. The van der Waals surface area contributed by atoms with E-state index in [-0.39, 0.29) is 0 Å². The van der Waals surface area contributed by atoms with Crippen molar-refractivity contribution in [3.63, 3.8) is 0 Å². The number of rotatable bonds is 5. The average molecular weight is 255 g/mol. The van der Waals surface area contributed by atoms with Gasteiger partial charge in [0.25, 0.3) is 5.76 Å². The topological polar surface area (TPSA) is 25.2 Å². The highest BCUT2D eigenvalue weighted by Crippen LogP contribution is 2.31. The fourth-order valence-corrected chi connectivity index (χ4v) is 2.02. The summed E-state index contributed by atoms with van der Waals surface area (Å²) in [4.78, 5) is 0.536. The lowest BCUT2D eigenvalue weighted by atomic mass is 10.3. The lowest BCUT2D eigenvalue weighted by molar-refractivity contribution is 0.252. The van der Waals surface area contributed by atoms with E-state index in [0.29, 0.717) is 28.9 Å². The largest absolute Gasteiger partial charge is 0.467 e. The van der Waals surface area contributed by atoms with Crippen LogP contribution >= 0.6 is 11.8 Å². The molecule has 1 heterocycles. The maximum atomic E-state index is 12.3. The molecule has 0 aliphatic carbocycles. The number of alkyl halides is 2. The summed E-state index contributed by atoms with van der Waals surface area (Å²) < 4.78 is 29.8. The Bertz CT molecular complexity index is 459. The van der Waals surface area contributed by atoms with Gasteiger partial charge in [-0.1, -0.05) is 23.9 Å². The lowest BCUT2D eigenvalue weighted by Gasteiger charge is -2.09. The van der Waals surface area contributed by atoms with Crippen LogP contribution in [-0.4, -0.2) is 5.76 Å².